The summed E-state index contributed by atoms with van der Waals surface area (Å²) >= 11 is 0. The van der Waals surface area contributed by atoms with Crippen LogP contribution in [0.3, 0.4) is 0 Å². The van der Waals surface area contributed by atoms with Crippen LogP contribution in [0.5, 0.6) is 28.7 Å². The van der Waals surface area contributed by atoms with Gasteiger partial charge in [0, 0.05) is 33.5 Å². The SMILES string of the molecule is [C-]#[N+]c1ccc2c(c1)C(CC)(CC)c1c3c(c4cc(OC)c(OC)cc4c1-2)OC(c1ccc(OC)cc1)(c1ccc(OCCOC(C)(C)CC[Si](OC(C)(C)C)(OC(C)(C)C)OC(C)(C)C)cc1)C=C3. The standard InChI is InChI=1S/C59H75NO9Si/c1-18-58(19-2)48-36-41(60-14)24-29-44(48)51-46-37-49(62-16)50(63-17)38-47(46)53-45(52(51)58)30-31-59(66-53,39-20-25-42(61-15)26-21-39)40-22-27-43(28-23-40)64-33-34-65-57(12,13)32-35-70(67-54(3,4)5,68-55(6,7)8)69-56(9,10)11/h20-31,36-38H,18-19,32-35H2,1-13,15-17H3. The smallest absolute Gasteiger partial charge is 0.497 e. The van der Waals surface area contributed by atoms with Crippen molar-refractivity contribution in [2.45, 2.75) is 149 Å². The summed E-state index contributed by atoms with van der Waals surface area (Å²) in [6.45, 7) is 35.8. The Morgan fingerprint density at radius 1 is 0.643 bits per heavy atom. The van der Waals surface area contributed by atoms with Crippen molar-refractivity contribution in [1.29, 1.82) is 0 Å². The highest BCUT2D eigenvalue weighted by atomic mass is 28.4. The zero-order chi connectivity index (χ0) is 51.1. The van der Waals surface area contributed by atoms with Crippen LogP contribution in [0.25, 0.3) is 32.8 Å². The Labute approximate surface area is 418 Å². The summed E-state index contributed by atoms with van der Waals surface area (Å²) in [4.78, 5) is 3.86. The van der Waals surface area contributed by atoms with Gasteiger partial charge in [-0.3, -0.25) is 0 Å². The highest BCUT2D eigenvalue weighted by Gasteiger charge is 2.51. The third-order valence-corrected chi connectivity index (χ3v) is 16.8. The van der Waals surface area contributed by atoms with E-state index in [-0.39, 0.29) is 5.41 Å². The number of hydrogen-bond acceptors (Lipinski definition) is 9. The highest BCUT2D eigenvalue weighted by Crippen LogP contribution is 2.61. The fraction of sp³-hybridized carbons (Fsp3) is 0.475. The van der Waals surface area contributed by atoms with Gasteiger partial charge in [0.25, 0.3) is 0 Å². The molecular weight excluding hydrogens is 895 g/mol. The van der Waals surface area contributed by atoms with Crippen LogP contribution >= 0.6 is 0 Å². The molecule has 0 N–H and O–H groups in total. The van der Waals surface area contributed by atoms with Gasteiger partial charge in [0.1, 0.15) is 23.9 Å². The molecule has 7 rings (SSSR count). The molecule has 11 heteroatoms. The van der Waals surface area contributed by atoms with Gasteiger partial charge in [0.05, 0.1) is 56.9 Å². The molecule has 0 amide bonds. The quantitative estimate of drug-likeness (QED) is 0.0484. The van der Waals surface area contributed by atoms with E-state index in [9.17, 15) is 0 Å². The van der Waals surface area contributed by atoms with Gasteiger partial charge in [0.15, 0.2) is 22.8 Å². The van der Waals surface area contributed by atoms with Gasteiger partial charge in [-0.1, -0.05) is 62.4 Å². The Balaban J connectivity index is 1.21. The topological polar surface area (TPSA) is 87.4 Å². The van der Waals surface area contributed by atoms with Crippen LogP contribution in [-0.2, 0) is 29.0 Å². The van der Waals surface area contributed by atoms with E-state index in [4.69, 9.17) is 48.3 Å². The van der Waals surface area contributed by atoms with Crippen molar-refractivity contribution in [3.63, 3.8) is 0 Å². The summed E-state index contributed by atoms with van der Waals surface area (Å²) in [6.07, 6.45) is 6.78. The highest BCUT2D eigenvalue weighted by molar-refractivity contribution is 6.61. The van der Waals surface area contributed by atoms with Gasteiger partial charge in [0.2, 0.25) is 0 Å². The Morgan fingerprint density at radius 3 is 1.69 bits per heavy atom. The van der Waals surface area contributed by atoms with E-state index < -0.39 is 36.8 Å². The summed E-state index contributed by atoms with van der Waals surface area (Å²) in [7, 11) is 1.80. The Kier molecular flexibility index (Phi) is 14.8. The molecule has 0 aromatic heterocycles. The largest absolute Gasteiger partial charge is 0.502 e. The van der Waals surface area contributed by atoms with Crippen molar-refractivity contribution in [2.75, 3.05) is 34.5 Å². The third kappa shape index (κ3) is 10.6. The van der Waals surface area contributed by atoms with Crippen LogP contribution < -0.4 is 23.7 Å². The van der Waals surface area contributed by atoms with E-state index in [0.29, 0.717) is 48.6 Å². The molecular formula is C59H75NO9Si. The minimum Gasteiger partial charge on any atom is -0.497 e. The number of methoxy groups -OCH3 is 3. The molecule has 1 aliphatic heterocycles. The van der Waals surface area contributed by atoms with Crippen molar-refractivity contribution in [2.24, 2.45) is 0 Å². The van der Waals surface area contributed by atoms with E-state index in [1.54, 1.807) is 21.3 Å². The molecule has 0 bridgehead atoms. The van der Waals surface area contributed by atoms with Crippen molar-refractivity contribution in [3.05, 3.63) is 124 Å². The van der Waals surface area contributed by atoms with E-state index in [1.807, 2.05) is 98.7 Å². The molecule has 1 atom stereocenters. The molecule has 0 fully saturated rings. The number of benzene rings is 5. The maximum absolute atomic E-state index is 7.93. The summed E-state index contributed by atoms with van der Waals surface area (Å²) < 4.78 is 58.2. The molecule has 0 radical (unpaired) electrons. The van der Waals surface area contributed by atoms with E-state index in [0.717, 1.165) is 62.9 Å². The first-order valence-electron chi connectivity index (χ1n) is 24.7. The first-order chi connectivity index (χ1) is 32.9. The van der Waals surface area contributed by atoms with Crippen molar-refractivity contribution in [1.82, 2.24) is 0 Å². The molecule has 0 saturated carbocycles. The molecule has 2 aliphatic rings. The average Bonchev–Trinajstić information content (AvgIpc) is 3.60. The minimum absolute atomic E-state index is 0.354. The number of rotatable bonds is 18. The fourth-order valence-electron chi connectivity index (χ4n) is 10.3. The molecule has 5 aromatic carbocycles. The van der Waals surface area contributed by atoms with Crippen LogP contribution in [0.2, 0.25) is 6.04 Å². The number of hydrogen-bond donors (Lipinski definition) is 0. The summed E-state index contributed by atoms with van der Waals surface area (Å²) in [5.41, 5.74) is 4.84. The minimum atomic E-state index is -3.19. The average molecular weight is 970 g/mol. The Bertz CT molecular complexity index is 2710. The van der Waals surface area contributed by atoms with Crippen molar-refractivity contribution >= 4 is 31.3 Å². The second kappa shape index (κ2) is 19.7. The molecule has 5 aromatic rings. The van der Waals surface area contributed by atoms with Gasteiger partial charge in [-0.2, -0.15) is 0 Å². The lowest BCUT2D eigenvalue weighted by Crippen LogP contribution is -2.57. The molecule has 0 spiro atoms. The van der Waals surface area contributed by atoms with Crippen molar-refractivity contribution in [3.8, 4) is 39.9 Å². The first kappa shape index (κ1) is 52.5. The molecule has 0 saturated heterocycles. The normalized spacial score (nSPS) is 16.5. The maximum Gasteiger partial charge on any atom is 0.502 e. The maximum atomic E-state index is 7.93. The van der Waals surface area contributed by atoms with Crippen LogP contribution in [0.1, 0.15) is 137 Å². The fourth-order valence-corrected chi connectivity index (χ4v) is 14.4. The predicted octanol–water partition coefficient (Wildman–Crippen LogP) is 14.8. The van der Waals surface area contributed by atoms with Crippen LogP contribution in [0.15, 0.2) is 84.9 Å². The monoisotopic (exact) mass is 970 g/mol. The van der Waals surface area contributed by atoms with Gasteiger partial charge in [-0.15, -0.1) is 0 Å². The lowest BCUT2D eigenvalue weighted by Gasteiger charge is -2.44. The molecule has 1 heterocycles. The number of ether oxygens (including phenoxy) is 6. The Hall–Kier alpha value is -5.35. The predicted molar refractivity (Wildman–Crippen MR) is 283 cm³/mol. The second-order valence-corrected chi connectivity index (χ2v) is 24.6. The number of fused-ring (bicyclic) bond motifs is 8. The number of nitrogens with zero attached hydrogens (tertiary/aromatic N) is 1. The molecule has 1 unspecified atom stereocenters. The summed E-state index contributed by atoms with van der Waals surface area (Å²) in [5, 5.41) is 1.90. The zero-order valence-corrected chi connectivity index (χ0v) is 45.5. The second-order valence-electron chi connectivity index (χ2n) is 22.1. The van der Waals surface area contributed by atoms with Gasteiger partial charge < -0.3 is 41.7 Å². The van der Waals surface area contributed by atoms with Gasteiger partial charge >= 0.3 is 8.80 Å². The van der Waals surface area contributed by atoms with E-state index >= 15 is 0 Å². The van der Waals surface area contributed by atoms with E-state index in [1.165, 1.54) is 11.1 Å². The summed E-state index contributed by atoms with van der Waals surface area (Å²) in [5.74, 6) is 3.44. The van der Waals surface area contributed by atoms with E-state index in [2.05, 4.69) is 87.2 Å². The van der Waals surface area contributed by atoms with Crippen LogP contribution in [-0.4, -0.2) is 65.8 Å². The molecule has 1 aliphatic carbocycles. The van der Waals surface area contributed by atoms with Crippen LogP contribution in [0.4, 0.5) is 5.69 Å². The lowest BCUT2D eigenvalue weighted by atomic mass is 9.71. The molecule has 374 valence electrons. The van der Waals surface area contributed by atoms with Crippen molar-refractivity contribution < 1.29 is 41.7 Å². The van der Waals surface area contributed by atoms with Gasteiger partial charge in [-0.25, -0.2) is 4.85 Å². The summed E-state index contributed by atoms with van der Waals surface area (Å²) in [6, 6.07) is 27.0. The zero-order valence-electron chi connectivity index (χ0n) is 44.5. The third-order valence-electron chi connectivity index (χ3n) is 13.2. The molecule has 70 heavy (non-hydrogen) atoms. The Morgan fingerprint density at radius 2 is 1.19 bits per heavy atom. The van der Waals surface area contributed by atoms with Gasteiger partial charge in [-0.05, 0) is 166 Å². The first-order valence-corrected chi connectivity index (χ1v) is 26.6. The lowest BCUT2D eigenvalue weighted by molar-refractivity contribution is -0.0823. The van der Waals surface area contributed by atoms with Crippen LogP contribution in [0, 0.1) is 6.57 Å². The molecule has 10 nitrogen and oxygen atoms in total.